The van der Waals surface area contributed by atoms with E-state index in [-0.39, 0.29) is 18.3 Å². The SMILES string of the molecule is CCNC(=NCC(=O)Nc1cccc(F)c1)NCCCN1CCC(C)CC1. The Morgan fingerprint density at radius 3 is 2.78 bits per heavy atom. The molecule has 0 unspecified atom stereocenters. The van der Waals surface area contributed by atoms with Gasteiger partial charge in [0.2, 0.25) is 5.91 Å². The minimum atomic E-state index is -0.380. The summed E-state index contributed by atoms with van der Waals surface area (Å²) in [6, 6.07) is 5.83. The Balaban J connectivity index is 1.70. The Labute approximate surface area is 161 Å². The summed E-state index contributed by atoms with van der Waals surface area (Å²) in [5, 5.41) is 9.06. The van der Waals surface area contributed by atoms with E-state index in [9.17, 15) is 9.18 Å². The van der Waals surface area contributed by atoms with Crippen LogP contribution in [0.2, 0.25) is 0 Å². The Kier molecular flexibility index (Phi) is 9.04. The van der Waals surface area contributed by atoms with Crippen LogP contribution < -0.4 is 16.0 Å². The normalized spacial score (nSPS) is 16.2. The fraction of sp³-hybridized carbons (Fsp3) is 0.600. The number of aliphatic imine (C=N–C) groups is 1. The summed E-state index contributed by atoms with van der Waals surface area (Å²) in [4.78, 5) is 18.8. The molecule has 0 radical (unpaired) electrons. The number of halogens is 1. The maximum absolute atomic E-state index is 13.2. The number of hydrogen-bond acceptors (Lipinski definition) is 3. The molecule has 6 nitrogen and oxygen atoms in total. The van der Waals surface area contributed by atoms with Gasteiger partial charge >= 0.3 is 0 Å². The van der Waals surface area contributed by atoms with Crippen molar-refractivity contribution in [2.24, 2.45) is 10.9 Å². The number of carbonyl (C=O) groups is 1. The first-order valence-electron chi connectivity index (χ1n) is 9.86. The molecule has 27 heavy (non-hydrogen) atoms. The zero-order chi connectivity index (χ0) is 19.5. The minimum absolute atomic E-state index is 0.0180. The van der Waals surface area contributed by atoms with Gasteiger partial charge in [0.25, 0.3) is 0 Å². The molecule has 3 N–H and O–H groups in total. The second-order valence-corrected chi connectivity index (χ2v) is 7.06. The van der Waals surface area contributed by atoms with Gasteiger partial charge in [0.1, 0.15) is 12.4 Å². The molecular formula is C20H32FN5O. The third kappa shape index (κ3) is 8.39. The van der Waals surface area contributed by atoms with E-state index in [1.807, 2.05) is 6.92 Å². The lowest BCUT2D eigenvalue weighted by Gasteiger charge is -2.30. The van der Waals surface area contributed by atoms with E-state index in [0.717, 1.165) is 32.0 Å². The van der Waals surface area contributed by atoms with Gasteiger partial charge in [-0.1, -0.05) is 13.0 Å². The van der Waals surface area contributed by atoms with Crippen LogP contribution in [0.15, 0.2) is 29.3 Å². The lowest BCUT2D eigenvalue weighted by Crippen LogP contribution is -2.40. The summed E-state index contributed by atoms with van der Waals surface area (Å²) in [5.41, 5.74) is 0.434. The number of guanidine groups is 1. The Hall–Kier alpha value is -2.15. The van der Waals surface area contributed by atoms with Crippen molar-refractivity contribution in [3.8, 4) is 0 Å². The minimum Gasteiger partial charge on any atom is -0.357 e. The van der Waals surface area contributed by atoms with Crippen molar-refractivity contribution in [2.75, 3.05) is 44.6 Å². The van der Waals surface area contributed by atoms with Gasteiger partial charge in [-0.3, -0.25) is 4.79 Å². The maximum atomic E-state index is 13.2. The molecule has 2 rings (SSSR count). The molecule has 0 spiro atoms. The molecular weight excluding hydrogens is 345 g/mol. The number of carbonyl (C=O) groups excluding carboxylic acids is 1. The Morgan fingerprint density at radius 2 is 2.07 bits per heavy atom. The molecule has 0 aliphatic carbocycles. The van der Waals surface area contributed by atoms with Crippen LogP contribution in [0, 0.1) is 11.7 Å². The third-order valence-electron chi connectivity index (χ3n) is 4.65. The zero-order valence-electron chi connectivity index (χ0n) is 16.4. The summed E-state index contributed by atoms with van der Waals surface area (Å²) >= 11 is 0. The molecule has 1 aromatic rings. The number of amides is 1. The van der Waals surface area contributed by atoms with E-state index in [1.165, 1.54) is 38.1 Å². The molecule has 0 bridgehead atoms. The summed E-state index contributed by atoms with van der Waals surface area (Å²) in [6.07, 6.45) is 3.62. The van der Waals surface area contributed by atoms with Crippen LogP contribution in [-0.4, -0.2) is 56.0 Å². The van der Waals surface area contributed by atoms with Crippen molar-refractivity contribution in [1.82, 2.24) is 15.5 Å². The van der Waals surface area contributed by atoms with Crippen LogP contribution in [0.5, 0.6) is 0 Å². The molecule has 1 aromatic carbocycles. The quantitative estimate of drug-likeness (QED) is 0.370. The van der Waals surface area contributed by atoms with E-state index in [0.29, 0.717) is 11.6 Å². The van der Waals surface area contributed by atoms with E-state index in [2.05, 4.69) is 32.8 Å². The molecule has 0 saturated carbocycles. The van der Waals surface area contributed by atoms with Gasteiger partial charge in [-0.25, -0.2) is 9.38 Å². The lowest BCUT2D eigenvalue weighted by molar-refractivity contribution is -0.114. The lowest BCUT2D eigenvalue weighted by atomic mass is 9.99. The number of benzene rings is 1. The molecule has 1 saturated heterocycles. The van der Waals surface area contributed by atoms with Crippen LogP contribution in [0.1, 0.15) is 33.1 Å². The predicted octanol–water partition coefficient (Wildman–Crippen LogP) is 2.44. The highest BCUT2D eigenvalue weighted by molar-refractivity contribution is 5.94. The second-order valence-electron chi connectivity index (χ2n) is 7.06. The van der Waals surface area contributed by atoms with Crippen molar-refractivity contribution in [3.05, 3.63) is 30.1 Å². The van der Waals surface area contributed by atoms with Crippen molar-refractivity contribution in [3.63, 3.8) is 0 Å². The highest BCUT2D eigenvalue weighted by Gasteiger charge is 2.14. The summed E-state index contributed by atoms with van der Waals surface area (Å²) in [5.74, 6) is 0.819. The molecule has 0 atom stereocenters. The smallest absolute Gasteiger partial charge is 0.246 e. The fourth-order valence-corrected chi connectivity index (χ4v) is 3.05. The predicted molar refractivity (Wildman–Crippen MR) is 108 cm³/mol. The monoisotopic (exact) mass is 377 g/mol. The average molecular weight is 378 g/mol. The molecule has 1 aliphatic rings. The van der Waals surface area contributed by atoms with Crippen molar-refractivity contribution >= 4 is 17.6 Å². The second kappa shape index (κ2) is 11.5. The number of anilines is 1. The van der Waals surface area contributed by atoms with Crippen LogP contribution in [0.4, 0.5) is 10.1 Å². The zero-order valence-corrected chi connectivity index (χ0v) is 16.4. The van der Waals surface area contributed by atoms with E-state index >= 15 is 0 Å². The molecule has 1 heterocycles. The first-order chi connectivity index (χ1) is 13.1. The van der Waals surface area contributed by atoms with Gasteiger partial charge in [0, 0.05) is 18.8 Å². The molecule has 150 valence electrons. The van der Waals surface area contributed by atoms with Crippen LogP contribution in [0.3, 0.4) is 0 Å². The molecule has 1 fully saturated rings. The maximum Gasteiger partial charge on any atom is 0.246 e. The van der Waals surface area contributed by atoms with Gasteiger partial charge in [-0.2, -0.15) is 0 Å². The van der Waals surface area contributed by atoms with Gasteiger partial charge in [-0.15, -0.1) is 0 Å². The number of nitrogens with one attached hydrogen (secondary N) is 3. The van der Waals surface area contributed by atoms with Gasteiger partial charge < -0.3 is 20.9 Å². The van der Waals surface area contributed by atoms with Crippen molar-refractivity contribution in [2.45, 2.75) is 33.1 Å². The molecule has 7 heteroatoms. The van der Waals surface area contributed by atoms with Crippen molar-refractivity contribution < 1.29 is 9.18 Å². The van der Waals surface area contributed by atoms with E-state index < -0.39 is 0 Å². The molecule has 1 aliphatic heterocycles. The van der Waals surface area contributed by atoms with E-state index in [4.69, 9.17) is 0 Å². The highest BCUT2D eigenvalue weighted by atomic mass is 19.1. The van der Waals surface area contributed by atoms with E-state index in [1.54, 1.807) is 12.1 Å². The van der Waals surface area contributed by atoms with Crippen LogP contribution in [0.25, 0.3) is 0 Å². The standard InChI is InChI=1S/C20H32FN5O/c1-3-22-20(23-10-5-11-26-12-8-16(2)9-13-26)24-15-19(27)25-18-7-4-6-17(21)14-18/h4,6-7,14,16H,3,5,8-13,15H2,1-2H3,(H,25,27)(H2,22,23,24). The largest absolute Gasteiger partial charge is 0.357 e. The topological polar surface area (TPSA) is 68.8 Å². The number of hydrogen-bond donors (Lipinski definition) is 3. The summed E-state index contributed by atoms with van der Waals surface area (Å²) in [7, 11) is 0. The van der Waals surface area contributed by atoms with Crippen LogP contribution in [-0.2, 0) is 4.79 Å². The number of rotatable bonds is 8. The van der Waals surface area contributed by atoms with Gasteiger partial charge in [0.05, 0.1) is 0 Å². The molecule has 0 aromatic heterocycles. The third-order valence-corrected chi connectivity index (χ3v) is 4.65. The number of nitrogens with zero attached hydrogens (tertiary/aromatic N) is 2. The number of likely N-dealkylation sites (tertiary alicyclic amines) is 1. The van der Waals surface area contributed by atoms with Crippen molar-refractivity contribution in [1.29, 1.82) is 0 Å². The highest BCUT2D eigenvalue weighted by Crippen LogP contribution is 2.15. The first-order valence-corrected chi connectivity index (χ1v) is 9.86. The Morgan fingerprint density at radius 1 is 1.30 bits per heavy atom. The summed E-state index contributed by atoms with van der Waals surface area (Å²) in [6.45, 7) is 9.28. The Bertz CT molecular complexity index is 614. The van der Waals surface area contributed by atoms with Crippen LogP contribution >= 0.6 is 0 Å². The summed E-state index contributed by atoms with van der Waals surface area (Å²) < 4.78 is 13.2. The molecule has 1 amide bonds. The van der Waals surface area contributed by atoms with Gasteiger partial charge in [-0.05, 0) is 69.9 Å². The number of piperidine rings is 1. The average Bonchev–Trinajstić information content (AvgIpc) is 2.64. The van der Waals surface area contributed by atoms with Gasteiger partial charge in [0.15, 0.2) is 5.96 Å². The fourth-order valence-electron chi connectivity index (χ4n) is 3.05. The first kappa shape index (κ1) is 21.2.